The number of benzene rings is 1. The molecule has 0 bridgehead atoms. The van der Waals surface area contributed by atoms with Crippen LogP contribution >= 0.6 is 0 Å². The van der Waals surface area contributed by atoms with Crippen LogP contribution in [0, 0.1) is 6.92 Å². The molecule has 1 aromatic heterocycles. The van der Waals surface area contributed by atoms with Crippen LogP contribution in [0.2, 0.25) is 0 Å². The molecule has 2 N–H and O–H groups in total. The van der Waals surface area contributed by atoms with Gasteiger partial charge in [-0.25, -0.2) is 0 Å². The quantitative estimate of drug-likeness (QED) is 0.806. The number of nitrogens with zero attached hydrogens (tertiary/aromatic N) is 3. The van der Waals surface area contributed by atoms with Gasteiger partial charge in [0.1, 0.15) is 5.75 Å². The van der Waals surface area contributed by atoms with Gasteiger partial charge in [-0.15, -0.1) is 10.2 Å². The molecule has 3 rings (SSSR count). The first kappa shape index (κ1) is 20.8. The normalized spacial score (nSPS) is 17.3. The number of phenols is 1. The van der Waals surface area contributed by atoms with E-state index < -0.39 is 17.5 Å². The minimum atomic E-state index is -4.54. The fourth-order valence-corrected chi connectivity index (χ4v) is 3.20. The summed E-state index contributed by atoms with van der Waals surface area (Å²) >= 11 is 0. The zero-order valence-electron chi connectivity index (χ0n) is 16.0. The number of amides is 1. The van der Waals surface area contributed by atoms with Crippen molar-refractivity contribution >= 4 is 11.7 Å². The number of rotatable bonds is 4. The molecule has 10 heteroatoms. The van der Waals surface area contributed by atoms with Crippen molar-refractivity contribution in [3.8, 4) is 17.0 Å². The van der Waals surface area contributed by atoms with Gasteiger partial charge in [0.2, 0.25) is 5.91 Å². The number of phenolic OH excluding ortho intramolecular Hbond substituents is 1. The molecule has 1 fully saturated rings. The molecule has 1 amide bonds. The Morgan fingerprint density at radius 2 is 2.10 bits per heavy atom. The summed E-state index contributed by atoms with van der Waals surface area (Å²) in [6, 6.07) is 4.96. The number of halogens is 3. The van der Waals surface area contributed by atoms with E-state index in [1.54, 1.807) is 12.1 Å². The van der Waals surface area contributed by atoms with Crippen molar-refractivity contribution in [1.82, 2.24) is 15.5 Å². The highest BCUT2D eigenvalue weighted by Crippen LogP contribution is 2.38. The van der Waals surface area contributed by atoms with Crippen LogP contribution in [0.4, 0.5) is 19.0 Å². The molecule has 2 heterocycles. The second kappa shape index (κ2) is 8.24. The third-order valence-corrected chi connectivity index (χ3v) is 4.59. The Kier molecular flexibility index (Phi) is 5.92. The third kappa shape index (κ3) is 4.94. The Hall–Kier alpha value is -2.88. The highest BCUT2D eigenvalue weighted by atomic mass is 19.4. The van der Waals surface area contributed by atoms with E-state index in [-0.39, 0.29) is 28.8 Å². The molecule has 156 valence electrons. The molecule has 2 aromatic rings. The molecular weight excluding hydrogens is 389 g/mol. The van der Waals surface area contributed by atoms with Crippen molar-refractivity contribution in [3.05, 3.63) is 35.4 Å². The summed E-state index contributed by atoms with van der Waals surface area (Å²) in [4.78, 5) is 13.0. The molecule has 1 aliphatic rings. The average Bonchev–Trinajstić information content (AvgIpc) is 2.66. The van der Waals surface area contributed by atoms with Crippen LogP contribution in [-0.2, 0) is 15.7 Å². The lowest BCUT2D eigenvalue weighted by molar-refractivity contribution is -0.137. The molecule has 1 aliphatic heterocycles. The fraction of sp³-hybridized carbons (Fsp3) is 0.421. The first-order chi connectivity index (χ1) is 13.6. The van der Waals surface area contributed by atoms with E-state index in [1.807, 2.05) is 4.90 Å². The summed E-state index contributed by atoms with van der Waals surface area (Å²) in [6.07, 6.45) is -4.73. The number of aryl methyl sites for hydroxylation is 1. The number of alkyl halides is 3. The largest absolute Gasteiger partial charge is 0.507 e. The smallest absolute Gasteiger partial charge is 0.416 e. The van der Waals surface area contributed by atoms with E-state index in [4.69, 9.17) is 4.74 Å². The van der Waals surface area contributed by atoms with Crippen LogP contribution in [0.15, 0.2) is 24.3 Å². The molecule has 1 atom stereocenters. The number of hydrogen-bond donors (Lipinski definition) is 2. The third-order valence-electron chi connectivity index (χ3n) is 4.59. The Bertz CT molecular complexity index is 864. The van der Waals surface area contributed by atoms with Gasteiger partial charge < -0.3 is 20.1 Å². The second-order valence-corrected chi connectivity index (χ2v) is 6.84. The fourth-order valence-electron chi connectivity index (χ4n) is 3.20. The number of morpholine rings is 1. The summed E-state index contributed by atoms with van der Waals surface area (Å²) in [5.41, 5.74) is -0.177. The summed E-state index contributed by atoms with van der Waals surface area (Å²) in [5, 5.41) is 21.1. The van der Waals surface area contributed by atoms with Crippen molar-refractivity contribution < 1.29 is 27.8 Å². The van der Waals surface area contributed by atoms with E-state index >= 15 is 0 Å². The topological polar surface area (TPSA) is 87.6 Å². The number of carbonyl (C=O) groups is 1. The standard InChI is InChI=1S/C19H21F3N4O3/c1-11-7-13(19(20,21)22)8-16(28)18(11)15-3-4-17(25-24-15)26-5-6-29-14(10-26)9-23-12(2)27/h3-4,7-8,14,28H,5-6,9-10H2,1-2H3,(H,23,27)/t14-/m0/s1. The zero-order chi connectivity index (χ0) is 21.2. The van der Waals surface area contributed by atoms with Crippen molar-refractivity contribution in [2.45, 2.75) is 26.1 Å². The van der Waals surface area contributed by atoms with Gasteiger partial charge in [0.25, 0.3) is 0 Å². The van der Waals surface area contributed by atoms with Crippen molar-refractivity contribution in [2.75, 3.05) is 31.1 Å². The van der Waals surface area contributed by atoms with Crippen LogP contribution in [0.1, 0.15) is 18.1 Å². The van der Waals surface area contributed by atoms with Gasteiger partial charge in [-0.1, -0.05) is 0 Å². The highest BCUT2D eigenvalue weighted by molar-refractivity contribution is 5.73. The van der Waals surface area contributed by atoms with Crippen LogP contribution in [-0.4, -0.2) is 53.6 Å². The van der Waals surface area contributed by atoms with E-state index in [2.05, 4.69) is 15.5 Å². The number of nitrogens with one attached hydrogen (secondary N) is 1. The van der Waals surface area contributed by atoms with Crippen LogP contribution in [0.5, 0.6) is 5.75 Å². The maximum atomic E-state index is 12.9. The van der Waals surface area contributed by atoms with E-state index in [0.29, 0.717) is 38.1 Å². The highest BCUT2D eigenvalue weighted by Gasteiger charge is 2.32. The van der Waals surface area contributed by atoms with Crippen LogP contribution < -0.4 is 10.2 Å². The van der Waals surface area contributed by atoms with Crippen molar-refractivity contribution in [2.24, 2.45) is 0 Å². The maximum Gasteiger partial charge on any atom is 0.416 e. The molecule has 0 aliphatic carbocycles. The molecule has 29 heavy (non-hydrogen) atoms. The average molecular weight is 410 g/mol. The van der Waals surface area contributed by atoms with Crippen LogP contribution in [0.3, 0.4) is 0 Å². The van der Waals surface area contributed by atoms with Gasteiger partial charge in [0.05, 0.1) is 24.0 Å². The number of hydrogen-bond acceptors (Lipinski definition) is 6. The van der Waals surface area contributed by atoms with E-state index in [1.165, 1.54) is 13.8 Å². The van der Waals surface area contributed by atoms with Crippen molar-refractivity contribution in [3.63, 3.8) is 0 Å². The maximum absolute atomic E-state index is 12.9. The van der Waals surface area contributed by atoms with E-state index in [0.717, 1.165) is 6.07 Å². The number of carbonyl (C=O) groups excluding carboxylic acids is 1. The summed E-state index contributed by atoms with van der Waals surface area (Å²) in [6.45, 7) is 4.87. The van der Waals surface area contributed by atoms with Gasteiger partial charge in [0.15, 0.2) is 5.82 Å². The minimum Gasteiger partial charge on any atom is -0.507 e. The number of anilines is 1. The SMILES string of the molecule is CC(=O)NC[C@H]1CN(c2ccc(-c3c(C)cc(C(F)(F)F)cc3O)nn2)CCO1. The Balaban J connectivity index is 1.78. The zero-order valence-corrected chi connectivity index (χ0v) is 16.0. The molecule has 0 saturated carbocycles. The second-order valence-electron chi connectivity index (χ2n) is 6.84. The molecule has 0 radical (unpaired) electrons. The number of aromatic hydroxyl groups is 1. The summed E-state index contributed by atoms with van der Waals surface area (Å²) < 4.78 is 44.3. The molecule has 0 unspecified atom stereocenters. The Labute approximate surface area is 165 Å². The lowest BCUT2D eigenvalue weighted by Crippen LogP contribution is -2.47. The van der Waals surface area contributed by atoms with Gasteiger partial charge in [-0.3, -0.25) is 4.79 Å². The molecule has 7 nitrogen and oxygen atoms in total. The first-order valence-corrected chi connectivity index (χ1v) is 9.01. The Morgan fingerprint density at radius 1 is 1.34 bits per heavy atom. The van der Waals surface area contributed by atoms with Gasteiger partial charge >= 0.3 is 6.18 Å². The predicted molar refractivity (Wildman–Crippen MR) is 99.5 cm³/mol. The molecule has 1 saturated heterocycles. The van der Waals surface area contributed by atoms with Gasteiger partial charge in [-0.2, -0.15) is 13.2 Å². The van der Waals surface area contributed by atoms with Gasteiger partial charge in [-0.05, 0) is 36.8 Å². The molecular formula is C19H21F3N4O3. The number of aromatic nitrogens is 2. The monoisotopic (exact) mass is 410 g/mol. The van der Waals surface area contributed by atoms with E-state index in [9.17, 15) is 23.1 Å². The predicted octanol–water partition coefficient (Wildman–Crippen LogP) is 2.52. The van der Waals surface area contributed by atoms with Gasteiger partial charge in [0, 0.05) is 32.1 Å². The lowest BCUT2D eigenvalue weighted by atomic mass is 10.0. The molecule has 1 aromatic carbocycles. The van der Waals surface area contributed by atoms with Crippen LogP contribution in [0.25, 0.3) is 11.3 Å². The minimum absolute atomic E-state index is 0.137. The number of ether oxygens (including phenoxy) is 1. The summed E-state index contributed by atoms with van der Waals surface area (Å²) in [5.74, 6) is -0.0587. The first-order valence-electron chi connectivity index (χ1n) is 9.01. The lowest BCUT2D eigenvalue weighted by Gasteiger charge is -2.33. The summed E-state index contributed by atoms with van der Waals surface area (Å²) in [7, 11) is 0. The van der Waals surface area contributed by atoms with Crippen molar-refractivity contribution in [1.29, 1.82) is 0 Å². The Morgan fingerprint density at radius 3 is 2.69 bits per heavy atom. The molecule has 0 spiro atoms.